The summed E-state index contributed by atoms with van der Waals surface area (Å²) in [4.78, 5) is 8.75. The molecule has 6 heteroatoms. The number of hydrogen-bond donors (Lipinski definition) is 1. The van der Waals surface area contributed by atoms with Gasteiger partial charge in [0.1, 0.15) is 11.8 Å². The summed E-state index contributed by atoms with van der Waals surface area (Å²) < 4.78 is 5.41. The predicted molar refractivity (Wildman–Crippen MR) is 60.1 cm³/mol. The number of anilines is 1. The lowest BCUT2D eigenvalue weighted by atomic mass is 10.5. The van der Waals surface area contributed by atoms with Crippen LogP contribution in [0.5, 0.6) is 5.88 Å². The molecule has 0 unspecified atom stereocenters. The van der Waals surface area contributed by atoms with Gasteiger partial charge in [-0.25, -0.2) is 4.98 Å². The van der Waals surface area contributed by atoms with Gasteiger partial charge >= 0.3 is 0 Å². The molecule has 2 heterocycles. The molecule has 2 N–H and O–H groups in total. The first-order valence-electron chi connectivity index (χ1n) is 4.19. The molecule has 0 saturated carbocycles. The highest BCUT2D eigenvalue weighted by atomic mass is 35.5. The van der Waals surface area contributed by atoms with Gasteiger partial charge in [0.05, 0.1) is 0 Å². The maximum absolute atomic E-state index is 5.70. The zero-order chi connectivity index (χ0) is 10.7. The van der Waals surface area contributed by atoms with Crippen molar-refractivity contribution in [3.8, 4) is 5.88 Å². The smallest absolute Gasteiger partial charge is 0.224 e. The van der Waals surface area contributed by atoms with Crippen LogP contribution < -0.4 is 10.5 Å². The van der Waals surface area contributed by atoms with Crippen molar-refractivity contribution in [1.82, 2.24) is 9.97 Å². The van der Waals surface area contributed by atoms with Crippen molar-refractivity contribution in [1.29, 1.82) is 0 Å². The fourth-order valence-electron chi connectivity index (χ4n) is 1.03. The monoisotopic (exact) mass is 241 g/mol. The number of nitrogens with two attached hydrogens (primary N) is 1. The molecular weight excluding hydrogens is 234 g/mol. The van der Waals surface area contributed by atoms with Gasteiger partial charge in [-0.2, -0.15) is 4.98 Å². The second kappa shape index (κ2) is 4.46. The van der Waals surface area contributed by atoms with E-state index in [-0.39, 0.29) is 11.1 Å². The molecular formula is C9H8ClN3OS. The molecule has 0 aliphatic rings. The molecule has 0 saturated heterocycles. The van der Waals surface area contributed by atoms with Gasteiger partial charge in [0.2, 0.25) is 11.8 Å². The van der Waals surface area contributed by atoms with Gasteiger partial charge in [0.15, 0.2) is 0 Å². The summed E-state index contributed by atoms with van der Waals surface area (Å²) in [6.45, 7) is 0.463. The molecule has 0 aliphatic carbocycles. The van der Waals surface area contributed by atoms with Crippen LogP contribution in [0.3, 0.4) is 0 Å². The van der Waals surface area contributed by atoms with Crippen LogP contribution in [0.25, 0.3) is 0 Å². The van der Waals surface area contributed by atoms with E-state index in [0.29, 0.717) is 12.5 Å². The molecule has 0 aromatic carbocycles. The quantitative estimate of drug-likeness (QED) is 0.838. The highest BCUT2D eigenvalue weighted by molar-refractivity contribution is 7.09. The molecule has 0 amide bonds. The minimum atomic E-state index is 0.115. The normalized spacial score (nSPS) is 10.2. The van der Waals surface area contributed by atoms with Gasteiger partial charge in [-0.3, -0.25) is 0 Å². The second-order valence-electron chi connectivity index (χ2n) is 2.76. The minimum Gasteiger partial charge on any atom is -0.472 e. The third kappa shape index (κ3) is 2.81. The zero-order valence-corrected chi connectivity index (χ0v) is 9.26. The Balaban J connectivity index is 2.05. The fraction of sp³-hybridized carbons (Fsp3) is 0.111. The maximum Gasteiger partial charge on any atom is 0.224 e. The summed E-state index contributed by atoms with van der Waals surface area (Å²) in [7, 11) is 0. The molecule has 0 aliphatic heterocycles. The summed E-state index contributed by atoms with van der Waals surface area (Å²) >= 11 is 7.32. The van der Waals surface area contributed by atoms with Gasteiger partial charge in [-0.15, -0.1) is 11.3 Å². The predicted octanol–water partition coefficient (Wildman–Crippen LogP) is 2.35. The van der Waals surface area contributed by atoms with Crippen molar-refractivity contribution >= 4 is 28.9 Å². The van der Waals surface area contributed by atoms with Gasteiger partial charge in [0.25, 0.3) is 0 Å². The number of halogens is 1. The minimum absolute atomic E-state index is 0.115. The molecule has 0 radical (unpaired) electrons. The molecule has 4 nitrogen and oxygen atoms in total. The summed E-state index contributed by atoms with van der Waals surface area (Å²) in [6.07, 6.45) is 0. The Morgan fingerprint density at radius 1 is 1.47 bits per heavy atom. The molecule has 0 bridgehead atoms. The van der Waals surface area contributed by atoms with Gasteiger partial charge < -0.3 is 10.5 Å². The number of nitrogen functional groups attached to an aromatic ring is 1. The summed E-state index contributed by atoms with van der Waals surface area (Å²) in [5.74, 6) is 0.504. The van der Waals surface area contributed by atoms with Crippen molar-refractivity contribution < 1.29 is 4.74 Å². The van der Waals surface area contributed by atoms with Gasteiger partial charge in [-0.1, -0.05) is 17.7 Å². The van der Waals surface area contributed by atoms with Crippen molar-refractivity contribution in [3.63, 3.8) is 0 Å². The Bertz CT molecular complexity index is 426. The maximum atomic E-state index is 5.70. The first kappa shape index (κ1) is 10.2. The largest absolute Gasteiger partial charge is 0.472 e. The van der Waals surface area contributed by atoms with Crippen LogP contribution in [0, 0.1) is 0 Å². The van der Waals surface area contributed by atoms with Crippen LogP contribution in [-0.4, -0.2) is 9.97 Å². The first-order chi connectivity index (χ1) is 7.24. The lowest BCUT2D eigenvalue weighted by Gasteiger charge is -2.03. The number of ether oxygens (including phenoxy) is 1. The van der Waals surface area contributed by atoms with Crippen LogP contribution in [0.15, 0.2) is 23.6 Å². The number of nitrogens with zero attached hydrogens (tertiary/aromatic N) is 2. The van der Waals surface area contributed by atoms with Gasteiger partial charge in [-0.05, 0) is 11.4 Å². The molecule has 78 valence electrons. The van der Waals surface area contributed by atoms with Crippen LogP contribution in [0.1, 0.15) is 4.88 Å². The molecule has 15 heavy (non-hydrogen) atoms. The Kier molecular flexibility index (Phi) is 3.03. The van der Waals surface area contributed by atoms with E-state index in [4.69, 9.17) is 22.1 Å². The van der Waals surface area contributed by atoms with Crippen molar-refractivity contribution in [2.75, 3.05) is 5.73 Å². The number of aromatic nitrogens is 2. The second-order valence-corrected chi connectivity index (χ2v) is 4.17. The molecule has 2 aromatic rings. The van der Waals surface area contributed by atoms with Crippen LogP contribution in [-0.2, 0) is 6.61 Å². The Labute approximate surface area is 95.7 Å². The molecule has 0 atom stereocenters. The van der Waals surface area contributed by atoms with E-state index in [1.807, 2.05) is 17.5 Å². The van der Waals surface area contributed by atoms with Crippen LogP contribution in [0.2, 0.25) is 5.15 Å². The number of thiophene rings is 1. The molecule has 2 rings (SSSR count). The summed E-state index contributed by atoms with van der Waals surface area (Å²) in [6, 6.07) is 5.48. The van der Waals surface area contributed by atoms with Crippen LogP contribution >= 0.6 is 22.9 Å². The number of rotatable bonds is 3. The van der Waals surface area contributed by atoms with Gasteiger partial charge in [0, 0.05) is 10.9 Å². The third-order valence-corrected chi connectivity index (χ3v) is 2.67. The summed E-state index contributed by atoms with van der Waals surface area (Å²) in [5.41, 5.74) is 5.42. The van der Waals surface area contributed by atoms with E-state index >= 15 is 0 Å². The van der Waals surface area contributed by atoms with Crippen molar-refractivity contribution in [3.05, 3.63) is 33.6 Å². The molecule has 0 spiro atoms. The Morgan fingerprint density at radius 2 is 2.33 bits per heavy atom. The van der Waals surface area contributed by atoms with E-state index in [2.05, 4.69) is 9.97 Å². The highest BCUT2D eigenvalue weighted by Crippen LogP contribution is 2.17. The lowest BCUT2D eigenvalue weighted by molar-refractivity contribution is 0.297. The third-order valence-electron chi connectivity index (χ3n) is 1.63. The average Bonchev–Trinajstić information content (AvgIpc) is 2.65. The molecule has 2 aromatic heterocycles. The van der Waals surface area contributed by atoms with E-state index in [1.54, 1.807) is 11.3 Å². The SMILES string of the molecule is Nc1nc(Cl)cc(OCc2cccs2)n1. The van der Waals surface area contributed by atoms with Crippen molar-refractivity contribution in [2.45, 2.75) is 6.61 Å². The van der Waals surface area contributed by atoms with E-state index < -0.39 is 0 Å². The van der Waals surface area contributed by atoms with Crippen LogP contribution in [0.4, 0.5) is 5.95 Å². The van der Waals surface area contributed by atoms with E-state index in [1.165, 1.54) is 6.07 Å². The first-order valence-corrected chi connectivity index (χ1v) is 5.45. The Morgan fingerprint density at radius 3 is 3.00 bits per heavy atom. The lowest BCUT2D eigenvalue weighted by Crippen LogP contribution is -2.00. The summed E-state index contributed by atoms with van der Waals surface area (Å²) in [5, 5.41) is 2.27. The standard InChI is InChI=1S/C9H8ClN3OS/c10-7-4-8(13-9(11)12-7)14-5-6-2-1-3-15-6/h1-4H,5H2,(H2,11,12,13). The number of hydrogen-bond acceptors (Lipinski definition) is 5. The topological polar surface area (TPSA) is 61.0 Å². The molecule has 0 fully saturated rings. The van der Waals surface area contributed by atoms with E-state index in [0.717, 1.165) is 4.88 Å². The Hall–Kier alpha value is -1.33. The average molecular weight is 242 g/mol. The zero-order valence-electron chi connectivity index (χ0n) is 7.68. The fourth-order valence-corrected chi connectivity index (χ4v) is 1.82. The van der Waals surface area contributed by atoms with E-state index in [9.17, 15) is 0 Å². The highest BCUT2D eigenvalue weighted by Gasteiger charge is 2.02. The van der Waals surface area contributed by atoms with Crippen molar-refractivity contribution in [2.24, 2.45) is 0 Å².